The molecule has 1 heterocycles. The fourth-order valence-corrected chi connectivity index (χ4v) is 4.51. The topological polar surface area (TPSA) is 84.9 Å². The maximum absolute atomic E-state index is 13.3. The van der Waals surface area contributed by atoms with Crippen LogP contribution in [0.25, 0.3) is 6.08 Å². The minimum atomic E-state index is -0.818. The summed E-state index contributed by atoms with van der Waals surface area (Å²) in [6.45, 7) is 3.76. The van der Waals surface area contributed by atoms with Gasteiger partial charge in [-0.25, -0.2) is 9.69 Å². The summed E-state index contributed by atoms with van der Waals surface area (Å²) in [5.41, 5.74) is 2.88. The predicted molar refractivity (Wildman–Crippen MR) is 144 cm³/mol. The van der Waals surface area contributed by atoms with E-state index < -0.39 is 17.8 Å². The van der Waals surface area contributed by atoms with Gasteiger partial charge in [0.25, 0.3) is 11.8 Å². The number of benzene rings is 3. The third-order valence-electron chi connectivity index (χ3n) is 5.87. The van der Waals surface area contributed by atoms with Crippen molar-refractivity contribution in [1.29, 1.82) is 0 Å². The molecule has 3 aromatic carbocycles. The molecule has 0 aromatic heterocycles. The average Bonchev–Trinajstić information content (AvgIpc) is 2.84. The number of carbonyl (C=O) groups excluding carboxylic acids is 3. The summed E-state index contributed by atoms with van der Waals surface area (Å²) >= 11 is 18.6. The molecular formula is C27H21Cl3N2O5. The third kappa shape index (κ3) is 5.44. The van der Waals surface area contributed by atoms with E-state index in [0.717, 1.165) is 16.0 Å². The van der Waals surface area contributed by atoms with Crippen molar-refractivity contribution < 1.29 is 23.9 Å². The van der Waals surface area contributed by atoms with Crippen molar-refractivity contribution in [2.24, 2.45) is 0 Å². The van der Waals surface area contributed by atoms with Crippen LogP contribution in [0.15, 0.2) is 54.1 Å². The predicted octanol–water partition coefficient (Wildman–Crippen LogP) is 6.52. The number of halogens is 3. The van der Waals surface area contributed by atoms with E-state index in [0.29, 0.717) is 26.9 Å². The van der Waals surface area contributed by atoms with Crippen LogP contribution in [0.3, 0.4) is 0 Å². The largest absolute Gasteiger partial charge is 0.493 e. The van der Waals surface area contributed by atoms with E-state index in [4.69, 9.17) is 44.3 Å². The van der Waals surface area contributed by atoms with Crippen molar-refractivity contribution in [2.75, 3.05) is 12.0 Å². The number of hydrogen-bond donors (Lipinski definition) is 1. The number of carbonyl (C=O) groups is 3. The molecule has 10 heteroatoms. The number of imide groups is 2. The molecule has 190 valence electrons. The van der Waals surface area contributed by atoms with Crippen LogP contribution in [0.2, 0.25) is 15.1 Å². The molecule has 0 bridgehead atoms. The lowest BCUT2D eigenvalue weighted by atomic mass is 10.0. The van der Waals surface area contributed by atoms with Gasteiger partial charge in [-0.1, -0.05) is 53.0 Å². The van der Waals surface area contributed by atoms with Gasteiger partial charge in [0.15, 0.2) is 11.5 Å². The monoisotopic (exact) mass is 558 g/mol. The Labute approximate surface area is 228 Å². The molecule has 1 aliphatic heterocycles. The molecule has 1 fully saturated rings. The quantitative estimate of drug-likeness (QED) is 0.275. The molecule has 0 aliphatic carbocycles. The van der Waals surface area contributed by atoms with Crippen LogP contribution in [-0.4, -0.2) is 25.0 Å². The molecule has 4 amide bonds. The Morgan fingerprint density at radius 3 is 2.43 bits per heavy atom. The van der Waals surface area contributed by atoms with Gasteiger partial charge in [-0.05, 0) is 66.9 Å². The Balaban J connectivity index is 1.66. The Morgan fingerprint density at radius 2 is 1.73 bits per heavy atom. The van der Waals surface area contributed by atoms with Crippen molar-refractivity contribution in [1.82, 2.24) is 5.32 Å². The number of barbiturate groups is 1. The first-order chi connectivity index (χ1) is 17.6. The summed E-state index contributed by atoms with van der Waals surface area (Å²) in [6.07, 6.45) is 1.34. The van der Waals surface area contributed by atoms with E-state index in [1.165, 1.54) is 19.3 Å². The van der Waals surface area contributed by atoms with Gasteiger partial charge in [0.1, 0.15) is 12.2 Å². The number of rotatable bonds is 6. The fourth-order valence-electron chi connectivity index (χ4n) is 3.77. The molecule has 0 spiro atoms. The van der Waals surface area contributed by atoms with Crippen LogP contribution in [0.4, 0.5) is 10.5 Å². The van der Waals surface area contributed by atoms with Crippen molar-refractivity contribution in [3.05, 3.63) is 91.4 Å². The Morgan fingerprint density at radius 1 is 0.973 bits per heavy atom. The molecule has 1 aliphatic rings. The number of amides is 4. The van der Waals surface area contributed by atoms with Gasteiger partial charge in [0.2, 0.25) is 0 Å². The van der Waals surface area contributed by atoms with Gasteiger partial charge < -0.3 is 9.47 Å². The third-order valence-corrected chi connectivity index (χ3v) is 6.74. The van der Waals surface area contributed by atoms with Gasteiger partial charge in [0.05, 0.1) is 17.8 Å². The number of nitrogens with one attached hydrogen (secondary N) is 1. The number of ether oxygens (including phenoxy) is 2. The van der Waals surface area contributed by atoms with Gasteiger partial charge in [0, 0.05) is 15.6 Å². The number of aryl methyl sites for hydroxylation is 1. The van der Waals surface area contributed by atoms with Crippen LogP contribution in [0, 0.1) is 13.8 Å². The maximum Gasteiger partial charge on any atom is 0.335 e. The molecule has 0 saturated carbocycles. The van der Waals surface area contributed by atoms with E-state index in [2.05, 4.69) is 5.32 Å². The van der Waals surface area contributed by atoms with Crippen LogP contribution in [-0.2, 0) is 16.2 Å². The Bertz CT molecular complexity index is 1470. The molecule has 4 rings (SSSR count). The van der Waals surface area contributed by atoms with E-state index >= 15 is 0 Å². The van der Waals surface area contributed by atoms with E-state index in [9.17, 15) is 14.4 Å². The molecule has 0 atom stereocenters. The Kier molecular flexibility index (Phi) is 7.78. The average molecular weight is 560 g/mol. The summed E-state index contributed by atoms with van der Waals surface area (Å²) in [7, 11) is 1.43. The molecular weight excluding hydrogens is 539 g/mol. The van der Waals surface area contributed by atoms with Gasteiger partial charge in [-0.2, -0.15) is 0 Å². The minimum absolute atomic E-state index is 0.0975. The smallest absolute Gasteiger partial charge is 0.335 e. The van der Waals surface area contributed by atoms with Crippen LogP contribution < -0.4 is 19.7 Å². The zero-order valence-electron chi connectivity index (χ0n) is 20.0. The van der Waals surface area contributed by atoms with Gasteiger partial charge in [-0.15, -0.1) is 0 Å². The molecule has 1 saturated heterocycles. The second kappa shape index (κ2) is 10.8. The summed E-state index contributed by atoms with van der Waals surface area (Å²) in [5, 5.41) is 3.35. The second-order valence-electron chi connectivity index (χ2n) is 8.24. The van der Waals surface area contributed by atoms with Crippen LogP contribution in [0.5, 0.6) is 11.5 Å². The molecule has 0 unspecified atom stereocenters. The zero-order chi connectivity index (χ0) is 26.9. The highest BCUT2D eigenvalue weighted by Crippen LogP contribution is 2.38. The SMILES string of the molecule is COc1cc(/C=C2\C(=O)NC(=O)N(c3cccc(C)c3C)C2=O)cc(Cl)c1OCc1ccc(Cl)cc1Cl. The standard InChI is InChI=1S/C27H21Cl3N2O5/c1-14-5-4-6-22(15(14)2)32-26(34)19(25(33)31-27(32)35)9-16-10-21(30)24(23(11-16)36-3)37-13-17-7-8-18(28)12-20(17)29/h4-12H,13H2,1-3H3,(H,31,33,35)/b19-9+. The lowest BCUT2D eigenvalue weighted by Crippen LogP contribution is -2.54. The van der Waals surface area contributed by atoms with E-state index in [1.54, 1.807) is 43.3 Å². The first-order valence-corrected chi connectivity index (χ1v) is 12.2. The van der Waals surface area contributed by atoms with Crippen LogP contribution in [0.1, 0.15) is 22.3 Å². The normalized spacial score (nSPS) is 14.7. The van der Waals surface area contributed by atoms with Crippen LogP contribution >= 0.6 is 34.8 Å². The van der Waals surface area contributed by atoms with Crippen molar-refractivity contribution in [2.45, 2.75) is 20.5 Å². The molecule has 3 aromatic rings. The highest BCUT2D eigenvalue weighted by Gasteiger charge is 2.37. The highest BCUT2D eigenvalue weighted by atomic mass is 35.5. The highest BCUT2D eigenvalue weighted by molar-refractivity contribution is 6.39. The zero-order valence-corrected chi connectivity index (χ0v) is 22.3. The van der Waals surface area contributed by atoms with Crippen molar-refractivity contribution >= 4 is 64.4 Å². The van der Waals surface area contributed by atoms with E-state index in [1.807, 2.05) is 13.0 Å². The number of methoxy groups -OCH3 is 1. The number of nitrogens with zero attached hydrogens (tertiary/aromatic N) is 1. The maximum atomic E-state index is 13.3. The van der Waals surface area contributed by atoms with E-state index in [-0.39, 0.29) is 28.7 Å². The fraction of sp³-hybridized carbons (Fsp3) is 0.148. The first-order valence-electron chi connectivity index (χ1n) is 11.0. The number of hydrogen-bond acceptors (Lipinski definition) is 5. The van der Waals surface area contributed by atoms with Gasteiger partial charge in [-0.3, -0.25) is 14.9 Å². The molecule has 0 radical (unpaired) electrons. The summed E-state index contributed by atoms with van der Waals surface area (Å²) < 4.78 is 11.3. The van der Waals surface area contributed by atoms with Crippen molar-refractivity contribution in [3.8, 4) is 11.5 Å². The lowest BCUT2D eigenvalue weighted by molar-refractivity contribution is -0.122. The Hall–Kier alpha value is -3.52. The molecule has 37 heavy (non-hydrogen) atoms. The number of urea groups is 1. The summed E-state index contributed by atoms with van der Waals surface area (Å²) in [5.74, 6) is -1.04. The lowest BCUT2D eigenvalue weighted by Gasteiger charge is -2.28. The second-order valence-corrected chi connectivity index (χ2v) is 9.49. The van der Waals surface area contributed by atoms with Gasteiger partial charge >= 0.3 is 6.03 Å². The minimum Gasteiger partial charge on any atom is -0.493 e. The first kappa shape index (κ1) is 26.5. The van der Waals surface area contributed by atoms with Crippen molar-refractivity contribution in [3.63, 3.8) is 0 Å². The summed E-state index contributed by atoms with van der Waals surface area (Å²) in [6, 6.07) is 12.6. The molecule has 7 nitrogen and oxygen atoms in total. The summed E-state index contributed by atoms with van der Waals surface area (Å²) in [4.78, 5) is 39.4. The number of anilines is 1. The molecule has 1 N–H and O–H groups in total.